The van der Waals surface area contributed by atoms with E-state index in [4.69, 9.17) is 47.4 Å². The average molecular weight is 1210 g/mol. The molecule has 17 nitrogen and oxygen atoms in total. The van der Waals surface area contributed by atoms with Crippen LogP contribution in [0.5, 0.6) is 0 Å². The van der Waals surface area contributed by atoms with Gasteiger partial charge in [-0.2, -0.15) is 0 Å². The van der Waals surface area contributed by atoms with E-state index in [1.165, 1.54) is 0 Å². The van der Waals surface area contributed by atoms with E-state index in [2.05, 4.69) is 13.8 Å². The highest BCUT2D eigenvalue weighted by atomic mass is 16.8. The lowest BCUT2D eigenvalue weighted by molar-refractivity contribution is -0.180. The topological polar surface area (TPSA) is 212 Å². The van der Waals surface area contributed by atoms with Crippen LogP contribution in [0.1, 0.15) is 302 Å². The third-order valence-corrected chi connectivity index (χ3v) is 17.7. The monoisotopic (exact) mass is 1200 g/mol. The number of rotatable bonds is 42. The number of hydrogen-bond acceptors (Lipinski definition) is 17. The van der Waals surface area contributed by atoms with Gasteiger partial charge in [-0.3, -0.25) is 0 Å². The van der Waals surface area contributed by atoms with Crippen LogP contribution < -0.4 is 0 Å². The third kappa shape index (κ3) is 27.5. The van der Waals surface area contributed by atoms with E-state index in [0.29, 0.717) is 96.3 Å². The van der Waals surface area contributed by atoms with Gasteiger partial charge in [0.25, 0.3) is 0 Å². The van der Waals surface area contributed by atoms with Crippen molar-refractivity contribution in [2.24, 2.45) is 0 Å². The summed E-state index contributed by atoms with van der Waals surface area (Å²) in [6.07, 6.45) is 22.8. The van der Waals surface area contributed by atoms with Crippen LogP contribution in [0.4, 0.5) is 0 Å². The molecule has 17 heteroatoms. The molecule has 5 heterocycles. The maximum Gasteiger partial charge on any atom is 0.166 e. The Bertz CT molecular complexity index is 2100. The molecule has 85 heavy (non-hydrogen) atoms. The predicted molar refractivity (Wildman–Crippen MR) is 325 cm³/mol. The van der Waals surface area contributed by atoms with Crippen molar-refractivity contribution in [3.8, 4) is 0 Å². The standard InChI is InChI=1S/C37H62O10.C31H54O7/c1-9-29-31(44-35(6,42-29)20-17-26(3)39)23-33-34(47-37(8,46-33)22-19-28(5)41)24-32-30(16-14-12-10-11-13-15-25(2)38)43-36(7,45-32)21-18-27(4)40;1-7-8-12-16-26-28(37-30(5,35-26)20-18-24(3)33)22-29-27(17-14-11-9-10-13-15-23(2)32)36-31(6,38-29)21-19-25(4)34/h29-34H,9-24H2,1-8H3;26-29H,7-22H2,1-6H3. The van der Waals surface area contributed by atoms with Crippen LogP contribution >= 0.6 is 0 Å². The first kappa shape index (κ1) is 74.8. The zero-order valence-electron chi connectivity index (χ0n) is 55.3. The van der Waals surface area contributed by atoms with Crippen molar-refractivity contribution >= 4 is 40.5 Å². The highest BCUT2D eigenvalue weighted by Crippen LogP contribution is 2.46. The maximum absolute atomic E-state index is 11.9. The first-order chi connectivity index (χ1) is 40.0. The highest BCUT2D eigenvalue weighted by Gasteiger charge is 2.54. The van der Waals surface area contributed by atoms with Crippen molar-refractivity contribution in [2.45, 2.75) is 392 Å². The highest BCUT2D eigenvalue weighted by molar-refractivity contribution is 5.77. The molecule has 15 unspecified atom stereocenters. The number of carbonyl (C=O) groups is 7. The van der Waals surface area contributed by atoms with E-state index in [-0.39, 0.29) is 102 Å². The second kappa shape index (κ2) is 36.2. The molecule has 15 atom stereocenters. The van der Waals surface area contributed by atoms with Gasteiger partial charge in [-0.1, -0.05) is 84.5 Å². The minimum Gasteiger partial charge on any atom is -0.344 e. The van der Waals surface area contributed by atoms with Crippen molar-refractivity contribution in [3.63, 3.8) is 0 Å². The summed E-state index contributed by atoms with van der Waals surface area (Å²) in [4.78, 5) is 81.2. The van der Waals surface area contributed by atoms with Gasteiger partial charge in [-0.05, 0) is 122 Å². The molecule has 0 bridgehead atoms. The van der Waals surface area contributed by atoms with Gasteiger partial charge in [0.05, 0.1) is 61.0 Å². The summed E-state index contributed by atoms with van der Waals surface area (Å²) >= 11 is 0. The van der Waals surface area contributed by atoms with Crippen molar-refractivity contribution in [2.75, 3.05) is 0 Å². The lowest BCUT2D eigenvalue weighted by Crippen LogP contribution is -2.36. The molecule has 0 N–H and O–H groups in total. The molecule has 5 rings (SSSR count). The minimum atomic E-state index is -0.938. The fraction of sp³-hybridized carbons (Fsp3) is 0.897. The third-order valence-electron chi connectivity index (χ3n) is 17.7. The van der Waals surface area contributed by atoms with Gasteiger partial charge < -0.3 is 80.9 Å². The first-order valence-corrected chi connectivity index (χ1v) is 33.2. The molecule has 0 amide bonds. The van der Waals surface area contributed by atoms with Crippen molar-refractivity contribution in [3.05, 3.63) is 0 Å². The molecule has 5 aliphatic rings. The van der Waals surface area contributed by atoms with Gasteiger partial charge in [0, 0.05) is 96.3 Å². The van der Waals surface area contributed by atoms with E-state index in [9.17, 15) is 33.6 Å². The predicted octanol–water partition coefficient (Wildman–Crippen LogP) is 14.1. The number of Topliss-reactive ketones (excluding diaryl/α,β-unsaturated/α-hetero) is 7. The fourth-order valence-electron chi connectivity index (χ4n) is 12.8. The Hall–Kier alpha value is -2.71. The minimum absolute atomic E-state index is 0.0342. The summed E-state index contributed by atoms with van der Waals surface area (Å²) in [7, 11) is 0. The van der Waals surface area contributed by atoms with Gasteiger partial charge in [0.15, 0.2) is 28.9 Å². The van der Waals surface area contributed by atoms with Gasteiger partial charge in [0.1, 0.15) is 40.5 Å². The van der Waals surface area contributed by atoms with Crippen molar-refractivity contribution < 1.29 is 80.9 Å². The Morgan fingerprint density at radius 1 is 0.259 bits per heavy atom. The SMILES string of the molecule is CCC1OC(C)(CCC(C)=O)OC1CC1OC(C)(CCC(C)=O)OC1CC1OC(C)(CCC(C)=O)OC1CCCCCCCC(C)=O.CCCCCC1OC(C)(CCC(C)=O)OC1CC1OC(C)(CCC(C)=O)OC1CCCCCCCC(C)=O. The van der Waals surface area contributed by atoms with Crippen molar-refractivity contribution in [1.29, 1.82) is 0 Å². The van der Waals surface area contributed by atoms with Gasteiger partial charge in [-0.15, -0.1) is 0 Å². The number of unbranched alkanes of at least 4 members (excludes halogenated alkanes) is 10. The molecule has 490 valence electrons. The molecule has 5 saturated heterocycles. The molecular weight excluding hydrogens is 1090 g/mol. The molecule has 0 aromatic heterocycles. The van der Waals surface area contributed by atoms with E-state index < -0.39 is 28.9 Å². The van der Waals surface area contributed by atoms with Crippen LogP contribution in [-0.2, 0) is 80.9 Å². The number of hydrogen-bond donors (Lipinski definition) is 0. The Morgan fingerprint density at radius 3 is 0.706 bits per heavy atom. The zero-order valence-corrected chi connectivity index (χ0v) is 55.3. The molecular formula is C68H116O17. The van der Waals surface area contributed by atoms with Crippen LogP contribution in [0, 0.1) is 0 Å². The van der Waals surface area contributed by atoms with Crippen molar-refractivity contribution in [1.82, 2.24) is 0 Å². The first-order valence-electron chi connectivity index (χ1n) is 33.2. The Balaban J connectivity index is 0.000000373. The molecule has 5 fully saturated rings. The average Bonchev–Trinajstić information content (AvgIpc) is 1.95. The van der Waals surface area contributed by atoms with Gasteiger partial charge in [0.2, 0.25) is 0 Å². The summed E-state index contributed by atoms with van der Waals surface area (Å²) < 4.78 is 65.3. The summed E-state index contributed by atoms with van der Waals surface area (Å²) in [5, 5.41) is 0. The summed E-state index contributed by atoms with van der Waals surface area (Å²) in [5.41, 5.74) is 0. The second-order valence-corrected chi connectivity index (χ2v) is 26.9. The van der Waals surface area contributed by atoms with Crippen LogP contribution in [0.3, 0.4) is 0 Å². The summed E-state index contributed by atoms with van der Waals surface area (Å²) in [6.45, 7) is 25.1. The molecule has 5 aliphatic heterocycles. The lowest BCUT2D eigenvalue weighted by atomic mass is 9.95. The van der Waals surface area contributed by atoms with Crippen LogP contribution in [0.2, 0.25) is 0 Å². The summed E-state index contributed by atoms with van der Waals surface area (Å²) in [5.74, 6) is -3.16. The van der Waals surface area contributed by atoms with E-state index in [0.717, 1.165) is 109 Å². The number of carbonyl (C=O) groups excluding carboxylic acids is 7. The van der Waals surface area contributed by atoms with E-state index in [1.807, 2.05) is 34.6 Å². The molecule has 0 spiro atoms. The molecule has 0 aliphatic carbocycles. The molecule has 0 radical (unpaired) electrons. The largest absolute Gasteiger partial charge is 0.344 e. The van der Waals surface area contributed by atoms with Crippen LogP contribution in [-0.4, -0.2) is 130 Å². The van der Waals surface area contributed by atoms with Gasteiger partial charge >= 0.3 is 0 Å². The Morgan fingerprint density at radius 2 is 0.459 bits per heavy atom. The Kier molecular flexibility index (Phi) is 31.8. The molecule has 0 aromatic carbocycles. The maximum atomic E-state index is 11.9. The summed E-state index contributed by atoms with van der Waals surface area (Å²) in [6, 6.07) is 0. The van der Waals surface area contributed by atoms with E-state index in [1.54, 1.807) is 48.5 Å². The van der Waals surface area contributed by atoms with E-state index >= 15 is 0 Å². The fourth-order valence-corrected chi connectivity index (χ4v) is 12.8. The quantitative estimate of drug-likeness (QED) is 0.0520. The zero-order chi connectivity index (χ0) is 63.0. The smallest absolute Gasteiger partial charge is 0.166 e. The normalized spacial score (nSPS) is 33.5. The molecule has 0 aromatic rings. The lowest BCUT2D eigenvalue weighted by Gasteiger charge is -2.26. The number of ether oxygens (including phenoxy) is 10. The van der Waals surface area contributed by atoms with Crippen LogP contribution in [0.25, 0.3) is 0 Å². The molecule has 0 saturated carbocycles. The van der Waals surface area contributed by atoms with Crippen LogP contribution in [0.15, 0.2) is 0 Å². The van der Waals surface area contributed by atoms with Gasteiger partial charge in [-0.25, -0.2) is 0 Å². The number of ketones is 7. The Labute approximate surface area is 511 Å². The second-order valence-electron chi connectivity index (χ2n) is 26.9.